The summed E-state index contributed by atoms with van der Waals surface area (Å²) in [6, 6.07) is 0. The predicted octanol–water partition coefficient (Wildman–Crippen LogP) is 1.12. The summed E-state index contributed by atoms with van der Waals surface area (Å²) in [7, 11) is 0. The van der Waals surface area contributed by atoms with Crippen LogP contribution >= 0.6 is 0 Å². The molecule has 7 heteroatoms. The molecule has 1 heterocycles. The first-order valence-electron chi connectivity index (χ1n) is 5.56. The molecule has 0 saturated carbocycles. The van der Waals surface area contributed by atoms with Crippen LogP contribution in [-0.2, 0) is 18.0 Å². The second kappa shape index (κ2) is 6.73. The molecule has 1 amide bonds. The van der Waals surface area contributed by atoms with E-state index >= 15 is 0 Å². The number of hydrogen-bond acceptors (Lipinski definition) is 4. The molecule has 2 N–H and O–H groups in total. The molecule has 0 saturated heterocycles. The molecule has 0 aromatic carbocycles. The van der Waals surface area contributed by atoms with Crippen LogP contribution in [0.3, 0.4) is 0 Å². The average Bonchev–Trinajstić information content (AvgIpc) is 2.34. The summed E-state index contributed by atoms with van der Waals surface area (Å²) in [5, 5.41) is 2.43. The van der Waals surface area contributed by atoms with Gasteiger partial charge >= 0.3 is 11.8 Å². The molecule has 0 radical (unpaired) electrons. The van der Waals surface area contributed by atoms with Crippen molar-refractivity contribution in [3.63, 3.8) is 0 Å². The summed E-state index contributed by atoms with van der Waals surface area (Å²) in [6.07, 6.45) is 0.543. The van der Waals surface area contributed by atoms with E-state index in [1.54, 1.807) is 0 Å². The highest BCUT2D eigenvalue weighted by Crippen LogP contribution is 2.03. The quantitative estimate of drug-likeness (QED) is 0.828. The topological polar surface area (TPSA) is 84.1 Å². The van der Waals surface area contributed by atoms with E-state index in [4.69, 9.17) is 4.74 Å². The lowest BCUT2D eigenvalue weighted by molar-refractivity contribution is 0.132. The Morgan fingerprint density at radius 3 is 2.94 bits per heavy atom. The van der Waals surface area contributed by atoms with Crippen molar-refractivity contribution in [3.05, 3.63) is 27.9 Å². The van der Waals surface area contributed by atoms with E-state index in [2.05, 4.69) is 15.3 Å². The third-order valence-electron chi connectivity index (χ3n) is 2.08. The van der Waals surface area contributed by atoms with E-state index in [0.717, 1.165) is 6.20 Å². The van der Waals surface area contributed by atoms with E-state index in [9.17, 15) is 14.0 Å². The van der Waals surface area contributed by atoms with Gasteiger partial charge < -0.3 is 15.0 Å². The second-order valence-electron chi connectivity index (χ2n) is 4.17. The highest BCUT2D eigenvalue weighted by Gasteiger charge is 2.08. The monoisotopic (exact) mass is 257 g/mol. The minimum atomic E-state index is -0.762. The van der Waals surface area contributed by atoms with Crippen molar-refractivity contribution in [3.8, 4) is 0 Å². The maximum absolute atomic E-state index is 12.6. The Morgan fingerprint density at radius 1 is 1.61 bits per heavy atom. The van der Waals surface area contributed by atoms with Gasteiger partial charge in [-0.05, 0) is 5.92 Å². The molecule has 1 aromatic heterocycles. The van der Waals surface area contributed by atoms with E-state index in [1.165, 1.54) is 0 Å². The zero-order valence-electron chi connectivity index (χ0n) is 10.3. The third kappa shape index (κ3) is 4.52. The minimum Gasteiger partial charge on any atom is -0.449 e. The van der Waals surface area contributed by atoms with Gasteiger partial charge in [-0.15, -0.1) is 0 Å². The molecule has 18 heavy (non-hydrogen) atoms. The van der Waals surface area contributed by atoms with Gasteiger partial charge in [0.25, 0.3) is 0 Å². The molecule has 0 aliphatic carbocycles. The molecule has 0 spiro atoms. The van der Waals surface area contributed by atoms with Gasteiger partial charge in [0.05, 0.1) is 13.2 Å². The van der Waals surface area contributed by atoms with E-state index in [-0.39, 0.29) is 18.0 Å². The van der Waals surface area contributed by atoms with E-state index < -0.39 is 18.5 Å². The maximum atomic E-state index is 12.6. The molecule has 0 fully saturated rings. The fourth-order valence-electron chi connectivity index (χ4n) is 1.18. The van der Waals surface area contributed by atoms with Gasteiger partial charge in [-0.1, -0.05) is 13.8 Å². The van der Waals surface area contributed by atoms with Crippen LogP contribution in [0, 0.1) is 5.92 Å². The Morgan fingerprint density at radius 2 is 2.33 bits per heavy atom. The number of ether oxygens (including phenoxy) is 1. The predicted molar refractivity (Wildman–Crippen MR) is 62.7 cm³/mol. The number of rotatable bonds is 5. The lowest BCUT2D eigenvalue weighted by atomic mass is 10.2. The number of alkyl halides is 1. The molecule has 0 unspecified atom stereocenters. The molecular weight excluding hydrogens is 241 g/mol. The first-order chi connectivity index (χ1) is 8.52. The van der Waals surface area contributed by atoms with Crippen LogP contribution < -0.4 is 11.0 Å². The van der Waals surface area contributed by atoms with Crippen molar-refractivity contribution >= 4 is 6.09 Å². The number of amides is 1. The number of halogens is 1. The van der Waals surface area contributed by atoms with Gasteiger partial charge in [-0.25, -0.2) is 19.0 Å². The average molecular weight is 257 g/mol. The van der Waals surface area contributed by atoms with Crippen molar-refractivity contribution < 1.29 is 13.9 Å². The number of aromatic nitrogens is 2. The number of carbonyl (C=O) groups is 1. The van der Waals surface area contributed by atoms with Gasteiger partial charge in [0.1, 0.15) is 6.67 Å². The van der Waals surface area contributed by atoms with E-state index in [0.29, 0.717) is 12.3 Å². The molecule has 0 aliphatic rings. The van der Waals surface area contributed by atoms with Crippen molar-refractivity contribution in [2.45, 2.75) is 27.1 Å². The number of carbonyl (C=O) groups excluding carboxylic acids is 1. The molecule has 0 bridgehead atoms. The van der Waals surface area contributed by atoms with Crippen LogP contribution in [-0.4, -0.2) is 22.7 Å². The van der Waals surface area contributed by atoms with Crippen molar-refractivity contribution in [2.75, 3.05) is 6.61 Å². The van der Waals surface area contributed by atoms with Crippen LogP contribution in [0.4, 0.5) is 9.18 Å². The maximum Gasteiger partial charge on any atom is 0.407 e. The first-order valence-corrected chi connectivity index (χ1v) is 5.56. The molecule has 0 aliphatic heterocycles. The normalized spacial score (nSPS) is 10.4. The van der Waals surface area contributed by atoms with Crippen LogP contribution in [0.15, 0.2) is 11.0 Å². The fraction of sp³-hybridized carbons (Fsp3) is 0.545. The number of alkyl carbamates (subject to hydrolysis) is 1. The standard InChI is InChI=1S/C11H16FN3O3/c1-7(2)6-18-11(17)14-5-9-8(3-12)4-13-10(16)15-9/h4,7H,3,5-6H2,1-2H3,(H,14,17)(H,13,15,16). The van der Waals surface area contributed by atoms with Crippen molar-refractivity contribution in [1.82, 2.24) is 15.3 Å². The summed E-state index contributed by atoms with van der Waals surface area (Å²) in [6.45, 7) is 3.36. The van der Waals surface area contributed by atoms with Gasteiger partial charge in [0.2, 0.25) is 0 Å². The highest BCUT2D eigenvalue weighted by molar-refractivity contribution is 5.67. The number of H-pyrrole nitrogens is 1. The van der Waals surface area contributed by atoms with Gasteiger partial charge in [0.15, 0.2) is 0 Å². The van der Waals surface area contributed by atoms with Crippen molar-refractivity contribution in [1.29, 1.82) is 0 Å². The Labute approximate surface area is 104 Å². The Hall–Kier alpha value is -1.92. The summed E-state index contributed by atoms with van der Waals surface area (Å²) >= 11 is 0. The smallest absolute Gasteiger partial charge is 0.407 e. The van der Waals surface area contributed by atoms with Gasteiger partial charge in [-0.3, -0.25) is 0 Å². The number of nitrogens with one attached hydrogen (secondary N) is 2. The Bertz CT molecular complexity index is 459. The Kier molecular flexibility index (Phi) is 5.29. The Balaban J connectivity index is 2.55. The molecule has 100 valence electrons. The largest absolute Gasteiger partial charge is 0.449 e. The summed E-state index contributed by atoms with van der Waals surface area (Å²) < 4.78 is 17.5. The zero-order chi connectivity index (χ0) is 13.5. The SMILES string of the molecule is CC(C)COC(=O)NCc1[nH]c(=O)ncc1CF. The second-order valence-corrected chi connectivity index (χ2v) is 4.17. The van der Waals surface area contributed by atoms with Crippen LogP contribution in [0.1, 0.15) is 25.1 Å². The first kappa shape index (κ1) is 14.1. The summed E-state index contributed by atoms with van der Waals surface area (Å²) in [5.74, 6) is 0.234. The van der Waals surface area contributed by atoms with E-state index in [1.807, 2.05) is 13.8 Å². The number of aromatic amines is 1. The summed E-state index contributed by atoms with van der Waals surface area (Å²) in [4.78, 5) is 28.0. The number of hydrogen-bond donors (Lipinski definition) is 2. The minimum absolute atomic E-state index is 0.00601. The van der Waals surface area contributed by atoms with Gasteiger partial charge in [0, 0.05) is 17.5 Å². The lowest BCUT2D eigenvalue weighted by Crippen LogP contribution is -2.27. The third-order valence-corrected chi connectivity index (χ3v) is 2.08. The highest BCUT2D eigenvalue weighted by atomic mass is 19.1. The van der Waals surface area contributed by atoms with Crippen LogP contribution in [0.25, 0.3) is 0 Å². The number of nitrogens with zero attached hydrogens (tertiary/aromatic N) is 1. The van der Waals surface area contributed by atoms with Crippen LogP contribution in [0.2, 0.25) is 0 Å². The molecule has 6 nitrogen and oxygen atoms in total. The molecule has 1 aromatic rings. The summed E-state index contributed by atoms with van der Waals surface area (Å²) in [5.41, 5.74) is -0.0581. The lowest BCUT2D eigenvalue weighted by Gasteiger charge is -2.09. The molecular formula is C11H16FN3O3. The fourth-order valence-corrected chi connectivity index (χ4v) is 1.18. The van der Waals surface area contributed by atoms with Crippen molar-refractivity contribution in [2.24, 2.45) is 5.92 Å². The molecule has 0 atom stereocenters. The van der Waals surface area contributed by atoms with Gasteiger partial charge in [-0.2, -0.15) is 0 Å². The molecule has 1 rings (SSSR count). The van der Waals surface area contributed by atoms with Crippen LogP contribution in [0.5, 0.6) is 0 Å². The zero-order valence-corrected chi connectivity index (χ0v) is 10.3.